The van der Waals surface area contributed by atoms with Gasteiger partial charge in [0.1, 0.15) is 11.6 Å². The Bertz CT molecular complexity index is 626. The number of nitrogens with zero attached hydrogens (tertiary/aromatic N) is 1. The Balaban J connectivity index is 2.15. The van der Waals surface area contributed by atoms with Gasteiger partial charge >= 0.3 is 0 Å². The SMILES string of the molecule is CCOc1ccc(-c2ccc(F)c(CN[C@H](C)C(C)C)n2)cc1. The molecule has 3 nitrogen and oxygen atoms in total. The van der Waals surface area contributed by atoms with Crippen molar-refractivity contribution < 1.29 is 9.13 Å². The molecule has 0 radical (unpaired) electrons. The third kappa shape index (κ3) is 4.76. The van der Waals surface area contributed by atoms with Gasteiger partial charge in [-0.1, -0.05) is 13.8 Å². The van der Waals surface area contributed by atoms with E-state index in [1.54, 1.807) is 6.07 Å². The van der Waals surface area contributed by atoms with E-state index in [4.69, 9.17) is 4.74 Å². The highest BCUT2D eigenvalue weighted by atomic mass is 19.1. The summed E-state index contributed by atoms with van der Waals surface area (Å²) in [6, 6.07) is 11.2. The summed E-state index contributed by atoms with van der Waals surface area (Å²) in [5.41, 5.74) is 2.17. The number of halogens is 1. The molecule has 0 saturated heterocycles. The molecule has 1 aromatic carbocycles. The van der Waals surface area contributed by atoms with E-state index in [9.17, 15) is 4.39 Å². The molecule has 4 heteroatoms. The van der Waals surface area contributed by atoms with E-state index < -0.39 is 0 Å². The topological polar surface area (TPSA) is 34.1 Å². The maximum absolute atomic E-state index is 14.0. The zero-order valence-electron chi connectivity index (χ0n) is 14.3. The number of rotatable bonds is 7. The zero-order chi connectivity index (χ0) is 16.8. The van der Waals surface area contributed by atoms with Crippen LogP contribution in [-0.2, 0) is 6.54 Å². The van der Waals surface area contributed by atoms with E-state index in [1.165, 1.54) is 6.07 Å². The van der Waals surface area contributed by atoms with Gasteiger partial charge in [-0.05, 0) is 56.2 Å². The smallest absolute Gasteiger partial charge is 0.146 e. The Kier molecular flexibility index (Phi) is 6.11. The van der Waals surface area contributed by atoms with Crippen molar-refractivity contribution in [1.82, 2.24) is 10.3 Å². The normalized spacial score (nSPS) is 12.4. The summed E-state index contributed by atoms with van der Waals surface area (Å²) in [6.07, 6.45) is 0. The summed E-state index contributed by atoms with van der Waals surface area (Å²) in [6.45, 7) is 9.38. The minimum atomic E-state index is -0.275. The van der Waals surface area contributed by atoms with E-state index in [1.807, 2.05) is 31.2 Å². The lowest BCUT2D eigenvalue weighted by Gasteiger charge is -2.17. The number of ether oxygens (including phenoxy) is 1. The van der Waals surface area contributed by atoms with Crippen LogP contribution in [0, 0.1) is 11.7 Å². The predicted octanol–water partition coefficient (Wildman–Crippen LogP) is 4.42. The Morgan fingerprint density at radius 2 is 1.78 bits per heavy atom. The van der Waals surface area contributed by atoms with Crippen LogP contribution in [0.1, 0.15) is 33.4 Å². The molecule has 2 aromatic rings. The average Bonchev–Trinajstić information content (AvgIpc) is 2.55. The van der Waals surface area contributed by atoms with Crippen LogP contribution in [0.5, 0.6) is 5.75 Å². The number of benzene rings is 1. The monoisotopic (exact) mass is 316 g/mol. The summed E-state index contributed by atoms with van der Waals surface area (Å²) in [5, 5.41) is 3.32. The molecule has 23 heavy (non-hydrogen) atoms. The quantitative estimate of drug-likeness (QED) is 0.821. The number of nitrogens with one attached hydrogen (secondary N) is 1. The van der Waals surface area contributed by atoms with Crippen LogP contribution < -0.4 is 10.1 Å². The number of pyridine rings is 1. The van der Waals surface area contributed by atoms with Gasteiger partial charge < -0.3 is 10.1 Å². The summed E-state index contributed by atoms with van der Waals surface area (Å²) >= 11 is 0. The third-order valence-electron chi connectivity index (χ3n) is 3.97. The molecule has 1 N–H and O–H groups in total. The van der Waals surface area contributed by atoms with Crippen molar-refractivity contribution in [3.05, 3.63) is 47.9 Å². The first-order valence-electron chi connectivity index (χ1n) is 8.13. The second-order valence-corrected chi connectivity index (χ2v) is 6.00. The number of hydrogen-bond donors (Lipinski definition) is 1. The predicted molar refractivity (Wildman–Crippen MR) is 91.9 cm³/mol. The molecule has 0 unspecified atom stereocenters. The van der Waals surface area contributed by atoms with Crippen LogP contribution in [0.4, 0.5) is 4.39 Å². The fraction of sp³-hybridized carbons (Fsp3) is 0.421. The second kappa shape index (κ2) is 8.06. The van der Waals surface area contributed by atoms with Crippen LogP contribution in [0.25, 0.3) is 11.3 Å². The van der Waals surface area contributed by atoms with Crippen molar-refractivity contribution >= 4 is 0 Å². The van der Waals surface area contributed by atoms with Gasteiger partial charge in [0.2, 0.25) is 0 Å². The second-order valence-electron chi connectivity index (χ2n) is 6.00. The standard InChI is InChI=1S/C19H25FN2O/c1-5-23-16-8-6-15(7-9-16)18-11-10-17(20)19(22-18)12-21-14(4)13(2)3/h6-11,13-14,21H,5,12H2,1-4H3/t14-/m1/s1. The largest absolute Gasteiger partial charge is 0.494 e. The summed E-state index contributed by atoms with van der Waals surface area (Å²) < 4.78 is 19.4. The molecule has 0 aliphatic heterocycles. The zero-order valence-corrected chi connectivity index (χ0v) is 14.3. The lowest BCUT2D eigenvalue weighted by molar-refractivity contribution is 0.340. The van der Waals surface area contributed by atoms with Crippen LogP contribution in [0.3, 0.4) is 0 Å². The van der Waals surface area contributed by atoms with Gasteiger partial charge in [-0.3, -0.25) is 0 Å². The van der Waals surface area contributed by atoms with Crippen molar-refractivity contribution in [2.24, 2.45) is 5.92 Å². The molecule has 0 saturated carbocycles. The maximum Gasteiger partial charge on any atom is 0.146 e. The lowest BCUT2D eigenvalue weighted by Crippen LogP contribution is -2.30. The molecular weight excluding hydrogens is 291 g/mol. The Morgan fingerprint density at radius 1 is 1.09 bits per heavy atom. The molecule has 0 fully saturated rings. The van der Waals surface area contributed by atoms with Gasteiger partial charge in [-0.2, -0.15) is 0 Å². The average molecular weight is 316 g/mol. The minimum absolute atomic E-state index is 0.275. The maximum atomic E-state index is 14.0. The van der Waals surface area contributed by atoms with Crippen LogP contribution >= 0.6 is 0 Å². The van der Waals surface area contributed by atoms with Gasteiger partial charge in [-0.15, -0.1) is 0 Å². The van der Waals surface area contributed by atoms with Gasteiger partial charge in [0.25, 0.3) is 0 Å². The summed E-state index contributed by atoms with van der Waals surface area (Å²) in [7, 11) is 0. The van der Waals surface area contributed by atoms with E-state index >= 15 is 0 Å². The highest BCUT2D eigenvalue weighted by Crippen LogP contribution is 2.22. The third-order valence-corrected chi connectivity index (χ3v) is 3.97. The van der Waals surface area contributed by atoms with Crippen molar-refractivity contribution in [2.75, 3.05) is 6.61 Å². The number of aromatic nitrogens is 1. The summed E-state index contributed by atoms with van der Waals surface area (Å²) in [5.74, 6) is 1.04. The van der Waals surface area contributed by atoms with Crippen molar-refractivity contribution in [3.63, 3.8) is 0 Å². The first-order valence-corrected chi connectivity index (χ1v) is 8.13. The molecule has 1 heterocycles. The molecule has 0 aliphatic rings. The van der Waals surface area contributed by atoms with E-state index in [0.717, 1.165) is 17.0 Å². The molecular formula is C19H25FN2O. The van der Waals surface area contributed by atoms with Gasteiger partial charge in [0, 0.05) is 18.2 Å². The van der Waals surface area contributed by atoms with Crippen molar-refractivity contribution in [1.29, 1.82) is 0 Å². The number of hydrogen-bond acceptors (Lipinski definition) is 3. The Hall–Kier alpha value is -1.94. The summed E-state index contributed by atoms with van der Waals surface area (Å²) in [4.78, 5) is 4.47. The molecule has 124 valence electrons. The first kappa shape index (κ1) is 17.4. The Morgan fingerprint density at radius 3 is 2.39 bits per heavy atom. The molecule has 0 amide bonds. The molecule has 1 aromatic heterocycles. The van der Waals surface area contributed by atoms with E-state index in [0.29, 0.717) is 30.8 Å². The highest BCUT2D eigenvalue weighted by Gasteiger charge is 2.11. The minimum Gasteiger partial charge on any atom is -0.494 e. The highest BCUT2D eigenvalue weighted by molar-refractivity contribution is 5.60. The Labute approximate surface area is 137 Å². The van der Waals surface area contributed by atoms with Gasteiger partial charge in [0.15, 0.2) is 0 Å². The molecule has 1 atom stereocenters. The van der Waals surface area contributed by atoms with Crippen LogP contribution in [0.2, 0.25) is 0 Å². The lowest BCUT2D eigenvalue weighted by atomic mass is 10.1. The van der Waals surface area contributed by atoms with Crippen molar-refractivity contribution in [3.8, 4) is 17.0 Å². The molecule has 0 aliphatic carbocycles. The molecule has 2 rings (SSSR count). The van der Waals surface area contributed by atoms with Gasteiger partial charge in [-0.25, -0.2) is 9.37 Å². The van der Waals surface area contributed by atoms with Gasteiger partial charge in [0.05, 0.1) is 18.0 Å². The fourth-order valence-corrected chi connectivity index (χ4v) is 2.15. The van der Waals surface area contributed by atoms with E-state index in [-0.39, 0.29) is 5.82 Å². The molecule has 0 bridgehead atoms. The molecule has 0 spiro atoms. The van der Waals surface area contributed by atoms with Crippen molar-refractivity contribution in [2.45, 2.75) is 40.3 Å². The van der Waals surface area contributed by atoms with E-state index in [2.05, 4.69) is 31.1 Å². The van der Waals surface area contributed by atoms with Crippen LogP contribution in [0.15, 0.2) is 36.4 Å². The fourth-order valence-electron chi connectivity index (χ4n) is 2.15. The van der Waals surface area contributed by atoms with Crippen LogP contribution in [-0.4, -0.2) is 17.6 Å². The first-order chi connectivity index (χ1) is 11.0.